The van der Waals surface area contributed by atoms with Gasteiger partial charge in [-0.05, 0) is 12.8 Å². The number of piperidine rings is 1. The first-order valence-corrected chi connectivity index (χ1v) is 7.17. The van der Waals surface area contributed by atoms with Crippen molar-refractivity contribution in [1.82, 2.24) is 9.78 Å². The van der Waals surface area contributed by atoms with Gasteiger partial charge in [-0.2, -0.15) is 5.10 Å². The Labute approximate surface area is 130 Å². The van der Waals surface area contributed by atoms with E-state index in [1.807, 2.05) is 0 Å². The van der Waals surface area contributed by atoms with Crippen LogP contribution in [-0.2, 0) is 11.8 Å². The Balaban J connectivity index is 1.79. The Kier molecular flexibility index (Phi) is 3.97. The molecule has 1 N–H and O–H groups in total. The molecule has 8 heteroatoms. The topological polar surface area (TPSA) is 50.2 Å². The van der Waals surface area contributed by atoms with Crippen molar-refractivity contribution in [3.8, 4) is 0 Å². The molecule has 23 heavy (non-hydrogen) atoms. The van der Waals surface area contributed by atoms with E-state index in [0.717, 1.165) is 18.6 Å². The summed E-state index contributed by atoms with van der Waals surface area (Å²) >= 11 is 0. The Morgan fingerprint density at radius 3 is 2.57 bits per heavy atom. The number of nitrogens with one attached hydrogen (secondary N) is 1. The second-order valence-corrected chi connectivity index (χ2v) is 5.46. The van der Waals surface area contributed by atoms with Crippen molar-refractivity contribution in [2.75, 3.05) is 16.8 Å². The molecule has 5 nitrogen and oxygen atoms in total. The van der Waals surface area contributed by atoms with Crippen LogP contribution in [0.4, 0.5) is 24.5 Å². The molecule has 1 aromatic carbocycles. The van der Waals surface area contributed by atoms with E-state index >= 15 is 0 Å². The van der Waals surface area contributed by atoms with Crippen LogP contribution < -0.4 is 10.2 Å². The minimum absolute atomic E-state index is 0.0350. The average Bonchev–Trinajstić information content (AvgIpc) is 2.93. The maximum atomic E-state index is 13.3. The standard InChI is InChI=1S/C15H15F3N4O/c1-21-8-10(7-19-21)22-4-2-3-13(15(22)23)20-9-5-11(16)14(18)12(17)6-9/h5-8,13,20H,2-4H2,1H3. The third kappa shape index (κ3) is 3.01. The number of aromatic nitrogens is 2. The van der Waals surface area contributed by atoms with E-state index in [1.165, 1.54) is 0 Å². The molecule has 2 heterocycles. The van der Waals surface area contributed by atoms with Gasteiger partial charge in [0, 0.05) is 37.6 Å². The molecule has 0 bridgehead atoms. The lowest BCUT2D eigenvalue weighted by Gasteiger charge is -2.32. The molecule has 1 saturated heterocycles. The Morgan fingerprint density at radius 1 is 1.26 bits per heavy atom. The van der Waals surface area contributed by atoms with Crippen molar-refractivity contribution < 1.29 is 18.0 Å². The summed E-state index contributed by atoms with van der Waals surface area (Å²) in [4.78, 5) is 14.1. The lowest BCUT2D eigenvalue weighted by molar-refractivity contribution is -0.120. The number of amides is 1. The zero-order valence-corrected chi connectivity index (χ0v) is 12.4. The van der Waals surface area contributed by atoms with Crippen LogP contribution in [0.5, 0.6) is 0 Å². The molecule has 1 aliphatic rings. The molecule has 0 saturated carbocycles. The Hall–Kier alpha value is -2.51. The number of carbonyl (C=O) groups excluding carboxylic acids is 1. The summed E-state index contributed by atoms with van der Waals surface area (Å²) in [6, 6.07) is 1.05. The maximum absolute atomic E-state index is 13.3. The largest absolute Gasteiger partial charge is 0.374 e. The third-order valence-electron chi connectivity index (χ3n) is 3.77. The monoisotopic (exact) mass is 324 g/mol. The van der Waals surface area contributed by atoms with Crippen LogP contribution in [0, 0.1) is 17.5 Å². The highest BCUT2D eigenvalue weighted by Crippen LogP contribution is 2.24. The summed E-state index contributed by atoms with van der Waals surface area (Å²) in [6.07, 6.45) is 4.55. The molecule has 1 unspecified atom stereocenters. The Bertz CT molecular complexity index is 723. The van der Waals surface area contributed by atoms with Crippen LogP contribution in [0.1, 0.15) is 12.8 Å². The fraction of sp³-hybridized carbons (Fsp3) is 0.333. The van der Waals surface area contributed by atoms with Gasteiger partial charge in [0.15, 0.2) is 17.5 Å². The predicted molar refractivity (Wildman–Crippen MR) is 78.5 cm³/mol. The van der Waals surface area contributed by atoms with Crippen LogP contribution in [0.25, 0.3) is 0 Å². The average molecular weight is 324 g/mol. The molecule has 1 aliphatic heterocycles. The number of aryl methyl sites for hydroxylation is 1. The number of hydrogen-bond donors (Lipinski definition) is 1. The normalized spacial score (nSPS) is 18.3. The molecule has 0 spiro atoms. The molecule has 1 atom stereocenters. The van der Waals surface area contributed by atoms with E-state index in [1.54, 1.807) is 29.0 Å². The van der Waals surface area contributed by atoms with Crippen molar-refractivity contribution in [1.29, 1.82) is 0 Å². The summed E-state index contributed by atoms with van der Waals surface area (Å²) < 4.78 is 41.1. The second kappa shape index (κ2) is 5.94. The first-order chi connectivity index (χ1) is 11.0. The van der Waals surface area contributed by atoms with Gasteiger partial charge in [0.05, 0.1) is 11.9 Å². The quantitative estimate of drug-likeness (QED) is 0.883. The fourth-order valence-corrected chi connectivity index (χ4v) is 2.65. The summed E-state index contributed by atoms with van der Waals surface area (Å²) in [6.45, 7) is 0.550. The minimum Gasteiger partial charge on any atom is -0.374 e. The zero-order valence-electron chi connectivity index (χ0n) is 12.4. The second-order valence-electron chi connectivity index (χ2n) is 5.46. The van der Waals surface area contributed by atoms with Gasteiger partial charge < -0.3 is 10.2 Å². The molecule has 0 aliphatic carbocycles. The van der Waals surface area contributed by atoms with Crippen molar-refractivity contribution in [3.05, 3.63) is 42.0 Å². The number of benzene rings is 1. The number of halogens is 3. The highest BCUT2D eigenvalue weighted by molar-refractivity contribution is 5.99. The fourth-order valence-electron chi connectivity index (χ4n) is 2.65. The number of anilines is 2. The lowest BCUT2D eigenvalue weighted by Crippen LogP contribution is -2.47. The van der Waals surface area contributed by atoms with Gasteiger partial charge in [-0.15, -0.1) is 0 Å². The van der Waals surface area contributed by atoms with Crippen molar-refractivity contribution in [2.45, 2.75) is 18.9 Å². The zero-order chi connectivity index (χ0) is 16.6. The summed E-state index contributed by atoms with van der Waals surface area (Å²) in [5.74, 6) is -4.32. The number of rotatable bonds is 3. The molecule has 122 valence electrons. The van der Waals surface area contributed by atoms with Crippen molar-refractivity contribution in [3.63, 3.8) is 0 Å². The van der Waals surface area contributed by atoms with Gasteiger partial charge in [0.1, 0.15) is 6.04 Å². The van der Waals surface area contributed by atoms with Gasteiger partial charge in [-0.25, -0.2) is 13.2 Å². The van der Waals surface area contributed by atoms with Crippen molar-refractivity contribution in [2.24, 2.45) is 7.05 Å². The SMILES string of the molecule is Cn1cc(N2CCCC(Nc3cc(F)c(F)c(F)c3)C2=O)cn1. The predicted octanol–water partition coefficient (Wildman–Crippen LogP) is 2.44. The van der Waals surface area contributed by atoms with E-state index in [2.05, 4.69) is 10.4 Å². The molecule has 1 fully saturated rings. The molecular weight excluding hydrogens is 309 g/mol. The first kappa shape index (κ1) is 15.4. The molecule has 1 aromatic heterocycles. The van der Waals surface area contributed by atoms with E-state index in [9.17, 15) is 18.0 Å². The molecule has 0 radical (unpaired) electrons. The summed E-state index contributed by atoms with van der Waals surface area (Å²) in [5, 5.41) is 6.81. The van der Waals surface area contributed by atoms with Gasteiger partial charge in [-0.3, -0.25) is 9.48 Å². The van der Waals surface area contributed by atoms with Gasteiger partial charge in [0.25, 0.3) is 0 Å². The summed E-state index contributed by atoms with van der Waals surface area (Å²) in [7, 11) is 1.75. The first-order valence-electron chi connectivity index (χ1n) is 7.17. The number of nitrogens with zero attached hydrogens (tertiary/aromatic N) is 3. The highest BCUT2D eigenvalue weighted by atomic mass is 19.2. The number of carbonyl (C=O) groups is 1. The van der Waals surface area contributed by atoms with Gasteiger partial charge >= 0.3 is 0 Å². The van der Waals surface area contributed by atoms with Crippen LogP contribution in [0.3, 0.4) is 0 Å². The molecule has 3 rings (SSSR count). The molecule has 2 aromatic rings. The van der Waals surface area contributed by atoms with Crippen LogP contribution in [-0.4, -0.2) is 28.3 Å². The molecular formula is C15H15F3N4O. The highest BCUT2D eigenvalue weighted by Gasteiger charge is 2.30. The minimum atomic E-state index is -1.53. The molecule has 1 amide bonds. The van der Waals surface area contributed by atoms with E-state index in [0.29, 0.717) is 18.7 Å². The maximum Gasteiger partial charge on any atom is 0.249 e. The van der Waals surface area contributed by atoms with Crippen LogP contribution in [0.15, 0.2) is 24.5 Å². The third-order valence-corrected chi connectivity index (χ3v) is 3.77. The smallest absolute Gasteiger partial charge is 0.249 e. The van der Waals surface area contributed by atoms with E-state index in [4.69, 9.17) is 0 Å². The van der Waals surface area contributed by atoms with Crippen LogP contribution >= 0.6 is 0 Å². The number of hydrogen-bond acceptors (Lipinski definition) is 3. The Morgan fingerprint density at radius 2 is 1.96 bits per heavy atom. The lowest BCUT2D eigenvalue weighted by atomic mass is 10.0. The summed E-state index contributed by atoms with van der Waals surface area (Å²) in [5.41, 5.74) is 0.702. The van der Waals surface area contributed by atoms with E-state index < -0.39 is 23.5 Å². The van der Waals surface area contributed by atoms with Gasteiger partial charge in [0.2, 0.25) is 5.91 Å². The van der Waals surface area contributed by atoms with Crippen LogP contribution in [0.2, 0.25) is 0 Å². The van der Waals surface area contributed by atoms with E-state index in [-0.39, 0.29) is 11.6 Å². The van der Waals surface area contributed by atoms with Gasteiger partial charge in [-0.1, -0.05) is 0 Å². The van der Waals surface area contributed by atoms with Crippen molar-refractivity contribution >= 4 is 17.3 Å².